The van der Waals surface area contributed by atoms with Crippen LogP contribution in [0.2, 0.25) is 0 Å². The third kappa shape index (κ3) is 18.2. The van der Waals surface area contributed by atoms with Crippen LogP contribution in [0.25, 0.3) is 0 Å². The van der Waals surface area contributed by atoms with E-state index in [4.69, 9.17) is 5.11 Å². The molecule has 22 heavy (non-hydrogen) atoms. The second-order valence-electron chi connectivity index (χ2n) is 5.01. The Hall–Kier alpha value is -1.83. The number of rotatable bonds is 13. The van der Waals surface area contributed by atoms with E-state index < -0.39 is 5.97 Å². The van der Waals surface area contributed by atoms with Crippen molar-refractivity contribution in [2.75, 3.05) is 0 Å². The van der Waals surface area contributed by atoms with Crippen molar-refractivity contribution in [3.05, 3.63) is 60.8 Å². The summed E-state index contributed by atoms with van der Waals surface area (Å²) in [6.07, 6.45) is 28.4. The van der Waals surface area contributed by atoms with E-state index in [-0.39, 0.29) is 6.42 Å². The van der Waals surface area contributed by atoms with Crippen LogP contribution >= 0.6 is 0 Å². The molecule has 0 rings (SSSR count). The highest BCUT2D eigenvalue weighted by atomic mass is 16.4. The van der Waals surface area contributed by atoms with E-state index in [0.717, 1.165) is 44.9 Å². The first-order valence-corrected chi connectivity index (χ1v) is 8.25. The summed E-state index contributed by atoms with van der Waals surface area (Å²) in [5, 5.41) is 8.49. The second-order valence-corrected chi connectivity index (χ2v) is 5.01. The van der Waals surface area contributed by atoms with Crippen molar-refractivity contribution in [1.82, 2.24) is 0 Å². The molecule has 0 aromatic heterocycles. The zero-order valence-corrected chi connectivity index (χ0v) is 13.8. The lowest BCUT2D eigenvalue weighted by molar-refractivity contribution is -0.137. The van der Waals surface area contributed by atoms with Crippen molar-refractivity contribution in [2.24, 2.45) is 0 Å². The Balaban J connectivity index is 3.46. The van der Waals surface area contributed by atoms with E-state index in [1.807, 2.05) is 0 Å². The average Bonchev–Trinajstić information content (AvgIpc) is 2.50. The summed E-state index contributed by atoms with van der Waals surface area (Å²) >= 11 is 0. The molecule has 0 aliphatic rings. The van der Waals surface area contributed by atoms with Crippen LogP contribution in [0.15, 0.2) is 60.8 Å². The Morgan fingerprint density at radius 2 is 1.36 bits per heavy atom. The van der Waals surface area contributed by atoms with Gasteiger partial charge >= 0.3 is 5.97 Å². The summed E-state index contributed by atoms with van der Waals surface area (Å²) in [7, 11) is 0. The molecule has 1 N–H and O–H groups in total. The summed E-state index contributed by atoms with van der Waals surface area (Å²) < 4.78 is 0. The summed E-state index contributed by atoms with van der Waals surface area (Å²) in [5.41, 5.74) is 0. The van der Waals surface area contributed by atoms with Gasteiger partial charge in [-0.05, 0) is 44.9 Å². The number of carboxylic acids is 1. The van der Waals surface area contributed by atoms with Crippen LogP contribution in [0, 0.1) is 0 Å². The van der Waals surface area contributed by atoms with Crippen molar-refractivity contribution >= 4 is 5.97 Å². The number of allylic oxidation sites excluding steroid dienone is 10. The molecule has 0 heterocycles. The number of hydrogen-bond donors (Lipinski definition) is 1. The molecule has 0 aliphatic heterocycles. The first-order valence-electron chi connectivity index (χ1n) is 8.25. The van der Waals surface area contributed by atoms with Crippen molar-refractivity contribution in [3.8, 4) is 0 Å². The summed E-state index contributed by atoms with van der Waals surface area (Å²) in [6.45, 7) is 2.15. The van der Waals surface area contributed by atoms with Gasteiger partial charge in [0.25, 0.3) is 0 Å². The standard InChI is InChI=1S/C20H30O2/c1-2-3-4-5-6-7-8-9-10-11-12-13-14-15-16-17-18-19-20(21)22/h3-4,6-7,10-13,15-16H,2,5,8-9,14,17-19H2,1H3,(H,21,22)/b4-3+,7-6+,11-10+,13-12+,16-15+. The van der Waals surface area contributed by atoms with Gasteiger partial charge in [0, 0.05) is 6.42 Å². The third-order valence-electron chi connectivity index (χ3n) is 2.92. The van der Waals surface area contributed by atoms with E-state index in [1.54, 1.807) is 0 Å². The quantitative estimate of drug-likeness (QED) is 0.258. The normalized spacial score (nSPS) is 12.8. The zero-order valence-electron chi connectivity index (χ0n) is 13.8. The van der Waals surface area contributed by atoms with Crippen molar-refractivity contribution < 1.29 is 9.90 Å². The molecule has 0 saturated heterocycles. The van der Waals surface area contributed by atoms with E-state index in [9.17, 15) is 4.79 Å². The van der Waals surface area contributed by atoms with Crippen molar-refractivity contribution in [1.29, 1.82) is 0 Å². The van der Waals surface area contributed by atoms with Gasteiger partial charge in [0.1, 0.15) is 0 Å². The Morgan fingerprint density at radius 1 is 0.773 bits per heavy atom. The van der Waals surface area contributed by atoms with Gasteiger partial charge in [-0.25, -0.2) is 0 Å². The molecule has 0 spiro atoms. The van der Waals surface area contributed by atoms with Crippen LogP contribution in [-0.2, 0) is 4.79 Å². The van der Waals surface area contributed by atoms with Crippen LogP contribution in [0.3, 0.4) is 0 Å². The predicted molar refractivity (Wildman–Crippen MR) is 95.9 cm³/mol. The number of carbonyl (C=O) groups is 1. The van der Waals surface area contributed by atoms with Crippen LogP contribution in [-0.4, -0.2) is 11.1 Å². The average molecular weight is 302 g/mol. The molecule has 0 unspecified atom stereocenters. The molecule has 0 fully saturated rings. The highest BCUT2D eigenvalue weighted by Crippen LogP contribution is 1.99. The molecule has 0 aromatic carbocycles. The van der Waals surface area contributed by atoms with Gasteiger partial charge in [0.15, 0.2) is 0 Å². The Labute approximate surface area is 135 Å². The molecular formula is C20H30O2. The SMILES string of the molecule is CC/C=C/C/C=C/CC/C=C/C=C/C/C=C/CCCC(=O)O. The van der Waals surface area contributed by atoms with Crippen molar-refractivity contribution in [2.45, 2.75) is 58.3 Å². The fraction of sp³-hybridized carbons (Fsp3) is 0.450. The molecule has 2 nitrogen and oxygen atoms in total. The van der Waals surface area contributed by atoms with Crippen LogP contribution in [0.5, 0.6) is 0 Å². The third-order valence-corrected chi connectivity index (χ3v) is 2.92. The van der Waals surface area contributed by atoms with Gasteiger partial charge in [0.2, 0.25) is 0 Å². The van der Waals surface area contributed by atoms with Crippen molar-refractivity contribution in [3.63, 3.8) is 0 Å². The highest BCUT2D eigenvalue weighted by Gasteiger charge is 1.92. The monoisotopic (exact) mass is 302 g/mol. The largest absolute Gasteiger partial charge is 0.481 e. The van der Waals surface area contributed by atoms with Gasteiger partial charge in [-0.15, -0.1) is 0 Å². The van der Waals surface area contributed by atoms with Gasteiger partial charge in [-0.2, -0.15) is 0 Å². The molecule has 122 valence electrons. The first kappa shape index (κ1) is 20.2. The summed E-state index contributed by atoms with van der Waals surface area (Å²) in [6, 6.07) is 0. The Morgan fingerprint density at radius 3 is 2.09 bits per heavy atom. The molecular weight excluding hydrogens is 272 g/mol. The molecule has 0 aliphatic carbocycles. The summed E-state index contributed by atoms with van der Waals surface area (Å²) in [4.78, 5) is 10.3. The molecule has 0 bridgehead atoms. The molecule has 2 heteroatoms. The minimum Gasteiger partial charge on any atom is -0.481 e. The maximum absolute atomic E-state index is 10.3. The smallest absolute Gasteiger partial charge is 0.303 e. The number of unbranched alkanes of at least 4 members (excludes halogenated alkanes) is 2. The van der Waals surface area contributed by atoms with Crippen LogP contribution in [0.4, 0.5) is 0 Å². The first-order chi connectivity index (χ1) is 10.8. The van der Waals surface area contributed by atoms with Crippen LogP contribution < -0.4 is 0 Å². The molecule has 0 amide bonds. The molecule has 0 atom stereocenters. The van der Waals surface area contributed by atoms with E-state index in [1.165, 1.54) is 0 Å². The fourth-order valence-electron chi connectivity index (χ4n) is 1.74. The topological polar surface area (TPSA) is 37.3 Å². The molecule has 0 aromatic rings. The minimum atomic E-state index is -0.717. The van der Waals surface area contributed by atoms with E-state index >= 15 is 0 Å². The Kier molecular flexibility index (Phi) is 15.8. The van der Waals surface area contributed by atoms with E-state index in [0.29, 0.717) is 0 Å². The predicted octanol–water partition coefficient (Wildman–Crippen LogP) is 5.99. The van der Waals surface area contributed by atoms with Gasteiger partial charge in [-0.1, -0.05) is 67.7 Å². The van der Waals surface area contributed by atoms with Crippen LogP contribution in [0.1, 0.15) is 58.3 Å². The van der Waals surface area contributed by atoms with E-state index in [2.05, 4.69) is 67.7 Å². The number of carboxylic acid groups (broad SMARTS) is 1. The maximum atomic E-state index is 10.3. The van der Waals surface area contributed by atoms with Gasteiger partial charge in [0.05, 0.1) is 0 Å². The molecule has 0 radical (unpaired) electrons. The lowest BCUT2D eigenvalue weighted by atomic mass is 10.2. The fourth-order valence-corrected chi connectivity index (χ4v) is 1.74. The Bertz CT molecular complexity index is 398. The lowest BCUT2D eigenvalue weighted by Gasteiger charge is -1.89. The zero-order chi connectivity index (χ0) is 16.3. The number of hydrogen-bond acceptors (Lipinski definition) is 1. The highest BCUT2D eigenvalue weighted by molar-refractivity contribution is 5.66. The summed E-state index contributed by atoms with van der Waals surface area (Å²) in [5.74, 6) is -0.717. The van der Waals surface area contributed by atoms with Gasteiger partial charge < -0.3 is 5.11 Å². The lowest BCUT2D eigenvalue weighted by Crippen LogP contribution is -1.92. The molecule has 0 saturated carbocycles. The minimum absolute atomic E-state index is 0.256. The maximum Gasteiger partial charge on any atom is 0.303 e. The second kappa shape index (κ2) is 17.2. The number of aliphatic carboxylic acids is 1. The van der Waals surface area contributed by atoms with Gasteiger partial charge in [-0.3, -0.25) is 4.79 Å².